The van der Waals surface area contributed by atoms with Crippen molar-refractivity contribution in [3.63, 3.8) is 0 Å². The third-order valence-electron chi connectivity index (χ3n) is 6.68. The fraction of sp³-hybridized carbons (Fsp3) is 0.394. The molecule has 0 fully saturated rings. The number of sulfonamides is 1. The second-order valence-corrected chi connectivity index (χ2v) is 13.3. The number of amides is 2. The van der Waals surface area contributed by atoms with E-state index < -0.39 is 34.1 Å². The number of carbonyl (C=O) groups is 2. The highest BCUT2D eigenvalue weighted by Gasteiger charge is 2.34. The van der Waals surface area contributed by atoms with E-state index in [0.29, 0.717) is 24.5 Å². The van der Waals surface area contributed by atoms with Crippen LogP contribution in [0.15, 0.2) is 77.7 Å². The molecule has 0 aliphatic rings. The maximum Gasteiger partial charge on any atom is 0.264 e. The standard InChI is InChI=1S/C33H43N3O5S/c1-8-30(32(38)34-33(5,6)7)35(22-26-14-10-24(3)11-15-26)31(37)23-36(27-16-12-25(4)13-17-27)42(39,40)29-20-18-28(19-21-29)41-9-2/h10-21,30H,8-9,22-23H2,1-7H3,(H,34,38)/t30-/m0/s1. The number of nitrogens with one attached hydrogen (secondary N) is 1. The zero-order chi connectivity index (χ0) is 31.1. The van der Waals surface area contributed by atoms with E-state index in [1.807, 2.05) is 72.7 Å². The molecule has 0 heterocycles. The third-order valence-corrected chi connectivity index (χ3v) is 8.47. The monoisotopic (exact) mass is 593 g/mol. The summed E-state index contributed by atoms with van der Waals surface area (Å²) in [6, 6.07) is 20.0. The predicted octanol–water partition coefficient (Wildman–Crippen LogP) is 5.62. The lowest BCUT2D eigenvalue weighted by Crippen LogP contribution is -2.55. The van der Waals surface area contributed by atoms with Crippen LogP contribution in [0.2, 0.25) is 0 Å². The summed E-state index contributed by atoms with van der Waals surface area (Å²) in [7, 11) is -4.16. The molecule has 0 bridgehead atoms. The van der Waals surface area contributed by atoms with E-state index in [-0.39, 0.29) is 17.3 Å². The maximum absolute atomic E-state index is 14.2. The van der Waals surface area contributed by atoms with Crippen LogP contribution in [-0.2, 0) is 26.2 Å². The number of aryl methyl sites for hydroxylation is 2. The summed E-state index contributed by atoms with van der Waals surface area (Å²) in [4.78, 5) is 29.1. The maximum atomic E-state index is 14.2. The first kappa shape index (κ1) is 32.7. The van der Waals surface area contributed by atoms with Gasteiger partial charge in [0.2, 0.25) is 11.8 Å². The van der Waals surface area contributed by atoms with Gasteiger partial charge in [0.25, 0.3) is 10.0 Å². The van der Waals surface area contributed by atoms with Crippen molar-refractivity contribution in [2.24, 2.45) is 0 Å². The molecule has 8 nitrogen and oxygen atoms in total. The Balaban J connectivity index is 2.05. The van der Waals surface area contributed by atoms with Crippen molar-refractivity contribution in [3.05, 3.63) is 89.5 Å². The van der Waals surface area contributed by atoms with Crippen molar-refractivity contribution in [2.75, 3.05) is 17.5 Å². The molecule has 9 heteroatoms. The lowest BCUT2D eigenvalue weighted by Gasteiger charge is -2.34. The number of benzene rings is 3. The molecule has 1 N–H and O–H groups in total. The van der Waals surface area contributed by atoms with Gasteiger partial charge in [0, 0.05) is 12.1 Å². The first-order valence-electron chi connectivity index (χ1n) is 14.2. The highest BCUT2D eigenvalue weighted by atomic mass is 32.2. The Hall–Kier alpha value is -3.85. The van der Waals surface area contributed by atoms with E-state index in [9.17, 15) is 18.0 Å². The number of ether oxygens (including phenoxy) is 1. The molecule has 2 amide bonds. The van der Waals surface area contributed by atoms with Gasteiger partial charge in [-0.3, -0.25) is 13.9 Å². The second kappa shape index (κ2) is 13.9. The molecule has 0 radical (unpaired) electrons. The van der Waals surface area contributed by atoms with Crippen LogP contribution < -0.4 is 14.4 Å². The number of hydrogen-bond donors (Lipinski definition) is 1. The Labute approximate surface area is 250 Å². The molecule has 0 aliphatic carbocycles. The molecule has 3 aromatic carbocycles. The van der Waals surface area contributed by atoms with Gasteiger partial charge in [0.15, 0.2) is 0 Å². The summed E-state index contributed by atoms with van der Waals surface area (Å²) >= 11 is 0. The highest BCUT2D eigenvalue weighted by molar-refractivity contribution is 7.92. The second-order valence-electron chi connectivity index (χ2n) is 11.4. The van der Waals surface area contributed by atoms with Gasteiger partial charge in [-0.1, -0.05) is 54.4 Å². The molecule has 0 unspecified atom stereocenters. The number of anilines is 1. The quantitative estimate of drug-likeness (QED) is 0.294. The van der Waals surface area contributed by atoms with Crippen molar-refractivity contribution in [1.82, 2.24) is 10.2 Å². The van der Waals surface area contributed by atoms with Crippen LogP contribution in [0.1, 0.15) is 57.7 Å². The minimum Gasteiger partial charge on any atom is -0.494 e. The first-order valence-corrected chi connectivity index (χ1v) is 15.7. The van der Waals surface area contributed by atoms with Crippen molar-refractivity contribution >= 4 is 27.5 Å². The zero-order valence-corrected chi connectivity index (χ0v) is 26.5. The average molecular weight is 594 g/mol. The SMILES string of the molecule is CCOc1ccc(S(=O)(=O)N(CC(=O)N(Cc2ccc(C)cc2)[C@@H](CC)C(=O)NC(C)(C)C)c2ccc(C)cc2)cc1. The van der Waals surface area contributed by atoms with E-state index in [0.717, 1.165) is 21.0 Å². The molecular weight excluding hydrogens is 550 g/mol. The summed E-state index contributed by atoms with van der Waals surface area (Å²) in [6.45, 7) is 13.3. The molecule has 3 rings (SSSR count). The third kappa shape index (κ3) is 8.58. The molecule has 3 aromatic rings. The lowest BCUT2D eigenvalue weighted by molar-refractivity contribution is -0.141. The van der Waals surface area contributed by atoms with E-state index in [4.69, 9.17) is 4.74 Å². The Bertz CT molecular complexity index is 1450. The molecule has 42 heavy (non-hydrogen) atoms. The predicted molar refractivity (Wildman–Crippen MR) is 167 cm³/mol. The lowest BCUT2D eigenvalue weighted by atomic mass is 10.1. The van der Waals surface area contributed by atoms with Crippen molar-refractivity contribution in [2.45, 2.75) is 77.9 Å². The van der Waals surface area contributed by atoms with Crippen molar-refractivity contribution in [3.8, 4) is 5.75 Å². The Morgan fingerprint density at radius 2 is 1.40 bits per heavy atom. The minimum atomic E-state index is -4.16. The van der Waals surface area contributed by atoms with Crippen molar-refractivity contribution < 1.29 is 22.7 Å². The Morgan fingerprint density at radius 1 is 0.857 bits per heavy atom. The topological polar surface area (TPSA) is 96.0 Å². The van der Waals surface area contributed by atoms with Crippen LogP contribution in [0.4, 0.5) is 5.69 Å². The van der Waals surface area contributed by atoms with Gasteiger partial charge in [-0.25, -0.2) is 8.42 Å². The van der Waals surface area contributed by atoms with Crippen LogP contribution in [0.5, 0.6) is 5.75 Å². The van der Waals surface area contributed by atoms with Crippen LogP contribution in [0, 0.1) is 13.8 Å². The molecule has 1 atom stereocenters. The normalized spacial score (nSPS) is 12.4. The Morgan fingerprint density at radius 3 is 1.90 bits per heavy atom. The van der Waals surface area contributed by atoms with E-state index in [2.05, 4.69) is 5.32 Å². The highest BCUT2D eigenvalue weighted by Crippen LogP contribution is 2.27. The zero-order valence-electron chi connectivity index (χ0n) is 25.7. The minimum absolute atomic E-state index is 0.0296. The Kier molecular flexibility index (Phi) is 10.8. The molecule has 0 spiro atoms. The molecule has 226 valence electrons. The molecule has 0 aliphatic heterocycles. The summed E-state index contributed by atoms with van der Waals surface area (Å²) in [5, 5.41) is 2.99. The van der Waals surface area contributed by atoms with Crippen LogP contribution >= 0.6 is 0 Å². The summed E-state index contributed by atoms with van der Waals surface area (Å²) < 4.78 is 34.7. The summed E-state index contributed by atoms with van der Waals surface area (Å²) in [5.74, 6) is -0.224. The van der Waals surface area contributed by atoms with Crippen LogP contribution in [0.25, 0.3) is 0 Å². The molecular formula is C33H43N3O5S. The molecule has 0 saturated heterocycles. The number of nitrogens with zero attached hydrogens (tertiary/aromatic N) is 2. The fourth-order valence-electron chi connectivity index (χ4n) is 4.50. The number of hydrogen-bond acceptors (Lipinski definition) is 5. The first-order chi connectivity index (χ1) is 19.7. The van der Waals surface area contributed by atoms with Crippen LogP contribution in [0.3, 0.4) is 0 Å². The van der Waals surface area contributed by atoms with E-state index in [1.54, 1.807) is 36.4 Å². The fourth-order valence-corrected chi connectivity index (χ4v) is 5.92. The molecule has 0 saturated carbocycles. The van der Waals surface area contributed by atoms with Crippen molar-refractivity contribution in [1.29, 1.82) is 0 Å². The smallest absolute Gasteiger partial charge is 0.264 e. The largest absolute Gasteiger partial charge is 0.494 e. The summed E-state index contributed by atoms with van der Waals surface area (Å²) in [5.41, 5.74) is 2.71. The number of rotatable bonds is 12. The average Bonchev–Trinajstić information content (AvgIpc) is 2.92. The van der Waals surface area contributed by atoms with Crippen LogP contribution in [-0.4, -0.2) is 49.9 Å². The van der Waals surface area contributed by atoms with Gasteiger partial charge in [0.05, 0.1) is 17.2 Å². The molecule has 0 aromatic heterocycles. The summed E-state index contributed by atoms with van der Waals surface area (Å²) in [6.07, 6.45) is 0.357. The van der Waals surface area contributed by atoms with E-state index >= 15 is 0 Å². The van der Waals surface area contributed by atoms with Gasteiger partial charge in [-0.2, -0.15) is 0 Å². The number of carbonyl (C=O) groups excluding carboxylic acids is 2. The van der Waals surface area contributed by atoms with E-state index in [1.165, 1.54) is 17.0 Å². The van der Waals surface area contributed by atoms with Gasteiger partial charge in [0.1, 0.15) is 18.3 Å². The van der Waals surface area contributed by atoms with Gasteiger partial charge in [-0.15, -0.1) is 0 Å². The van der Waals surface area contributed by atoms with Gasteiger partial charge < -0.3 is 15.0 Å². The van der Waals surface area contributed by atoms with Gasteiger partial charge >= 0.3 is 0 Å². The van der Waals surface area contributed by atoms with Gasteiger partial charge in [-0.05, 0) is 89.9 Å².